The van der Waals surface area contributed by atoms with Gasteiger partial charge in [0, 0.05) is 30.8 Å². The fraction of sp³-hybridized carbons (Fsp3) is 0.350. The SMILES string of the molecule is CC(c1cc([N+](=O)[O-])ccc1Oc1ccc(Cl)c(Cl)c1)N(C)C(=O)OC(C)(C)C. The van der Waals surface area contributed by atoms with Crippen LogP contribution in [0.4, 0.5) is 10.5 Å². The Kier molecular flexibility index (Phi) is 6.97. The molecule has 0 heterocycles. The summed E-state index contributed by atoms with van der Waals surface area (Å²) < 4.78 is 11.3. The average molecular weight is 441 g/mol. The lowest BCUT2D eigenvalue weighted by molar-refractivity contribution is -0.385. The Labute approximate surface area is 179 Å². The fourth-order valence-corrected chi connectivity index (χ4v) is 2.72. The maximum Gasteiger partial charge on any atom is 0.410 e. The Bertz CT molecular complexity index is 928. The number of carbonyl (C=O) groups excluding carboxylic acids is 1. The maximum absolute atomic E-state index is 12.4. The zero-order valence-electron chi connectivity index (χ0n) is 16.7. The van der Waals surface area contributed by atoms with Crippen molar-refractivity contribution >= 4 is 35.0 Å². The predicted molar refractivity (Wildman–Crippen MR) is 112 cm³/mol. The molecule has 1 amide bonds. The molecule has 0 saturated carbocycles. The minimum Gasteiger partial charge on any atom is -0.457 e. The number of carbonyl (C=O) groups is 1. The average Bonchev–Trinajstić information content (AvgIpc) is 2.62. The quantitative estimate of drug-likeness (QED) is 0.385. The van der Waals surface area contributed by atoms with Gasteiger partial charge in [0.15, 0.2) is 0 Å². The molecule has 9 heteroatoms. The van der Waals surface area contributed by atoms with E-state index in [1.807, 2.05) is 0 Å². The van der Waals surface area contributed by atoms with Gasteiger partial charge in [-0.3, -0.25) is 10.1 Å². The van der Waals surface area contributed by atoms with Crippen molar-refractivity contribution in [1.82, 2.24) is 4.90 Å². The Balaban J connectivity index is 2.41. The third-order valence-electron chi connectivity index (χ3n) is 4.04. The van der Waals surface area contributed by atoms with Crippen LogP contribution in [-0.4, -0.2) is 28.6 Å². The van der Waals surface area contributed by atoms with Crippen molar-refractivity contribution in [2.24, 2.45) is 0 Å². The van der Waals surface area contributed by atoms with Crippen molar-refractivity contribution in [3.63, 3.8) is 0 Å². The number of nitro groups is 1. The zero-order chi connectivity index (χ0) is 21.9. The summed E-state index contributed by atoms with van der Waals surface area (Å²) in [6, 6.07) is 8.37. The van der Waals surface area contributed by atoms with E-state index in [-0.39, 0.29) is 5.69 Å². The van der Waals surface area contributed by atoms with Gasteiger partial charge in [0.25, 0.3) is 5.69 Å². The summed E-state index contributed by atoms with van der Waals surface area (Å²) in [6.45, 7) is 7.01. The number of ether oxygens (including phenoxy) is 2. The van der Waals surface area contributed by atoms with Gasteiger partial charge in [-0.1, -0.05) is 23.2 Å². The molecule has 0 fully saturated rings. The number of hydrogen-bond acceptors (Lipinski definition) is 5. The largest absolute Gasteiger partial charge is 0.457 e. The highest BCUT2D eigenvalue weighted by Gasteiger charge is 2.27. The van der Waals surface area contributed by atoms with Gasteiger partial charge in [-0.2, -0.15) is 0 Å². The van der Waals surface area contributed by atoms with Crippen LogP contribution in [0.3, 0.4) is 0 Å². The summed E-state index contributed by atoms with van der Waals surface area (Å²) in [5.41, 5.74) is -0.350. The summed E-state index contributed by atoms with van der Waals surface area (Å²) in [5.74, 6) is 0.749. The van der Waals surface area contributed by atoms with E-state index in [1.54, 1.807) is 46.9 Å². The van der Waals surface area contributed by atoms with Gasteiger partial charge < -0.3 is 14.4 Å². The first-order valence-electron chi connectivity index (χ1n) is 8.76. The number of halogens is 2. The van der Waals surface area contributed by atoms with Crippen molar-refractivity contribution in [3.8, 4) is 11.5 Å². The second-order valence-electron chi connectivity index (χ2n) is 7.42. The molecule has 29 heavy (non-hydrogen) atoms. The van der Waals surface area contributed by atoms with Crippen molar-refractivity contribution in [2.45, 2.75) is 39.3 Å². The van der Waals surface area contributed by atoms with Crippen LogP contribution < -0.4 is 4.74 Å². The molecular weight excluding hydrogens is 419 g/mol. The van der Waals surface area contributed by atoms with Crippen LogP contribution in [0.5, 0.6) is 11.5 Å². The van der Waals surface area contributed by atoms with E-state index >= 15 is 0 Å². The van der Waals surface area contributed by atoms with Gasteiger partial charge in [0.1, 0.15) is 17.1 Å². The summed E-state index contributed by atoms with van der Waals surface area (Å²) in [5, 5.41) is 11.9. The lowest BCUT2D eigenvalue weighted by Gasteiger charge is -2.29. The number of hydrogen-bond donors (Lipinski definition) is 0. The van der Waals surface area contributed by atoms with E-state index < -0.39 is 22.7 Å². The van der Waals surface area contributed by atoms with Crippen LogP contribution in [0.1, 0.15) is 39.3 Å². The summed E-state index contributed by atoms with van der Waals surface area (Å²) >= 11 is 12.0. The van der Waals surface area contributed by atoms with Gasteiger partial charge in [0.2, 0.25) is 0 Å². The third-order valence-corrected chi connectivity index (χ3v) is 4.77. The Morgan fingerprint density at radius 3 is 2.34 bits per heavy atom. The van der Waals surface area contributed by atoms with Crippen LogP contribution >= 0.6 is 23.2 Å². The van der Waals surface area contributed by atoms with Crippen molar-refractivity contribution in [2.75, 3.05) is 7.05 Å². The lowest BCUT2D eigenvalue weighted by atomic mass is 10.1. The van der Waals surface area contributed by atoms with Crippen molar-refractivity contribution < 1.29 is 19.2 Å². The van der Waals surface area contributed by atoms with Crippen LogP contribution in [0, 0.1) is 10.1 Å². The van der Waals surface area contributed by atoms with Crippen LogP contribution in [0.15, 0.2) is 36.4 Å². The maximum atomic E-state index is 12.4. The molecule has 0 bridgehead atoms. The zero-order valence-corrected chi connectivity index (χ0v) is 18.2. The molecule has 0 N–H and O–H groups in total. The lowest BCUT2D eigenvalue weighted by Crippen LogP contribution is -2.35. The Hall–Kier alpha value is -2.51. The second kappa shape index (κ2) is 8.88. The molecule has 0 aliphatic heterocycles. The molecule has 0 aliphatic rings. The highest BCUT2D eigenvalue weighted by Crippen LogP contribution is 2.36. The molecule has 0 spiro atoms. The Morgan fingerprint density at radius 1 is 1.14 bits per heavy atom. The molecule has 0 saturated heterocycles. The molecule has 7 nitrogen and oxygen atoms in total. The normalized spacial score (nSPS) is 12.2. The first-order chi connectivity index (χ1) is 13.4. The summed E-state index contributed by atoms with van der Waals surface area (Å²) in [4.78, 5) is 24.5. The number of nitrogens with zero attached hydrogens (tertiary/aromatic N) is 2. The Morgan fingerprint density at radius 2 is 1.79 bits per heavy atom. The van der Waals surface area contributed by atoms with Gasteiger partial charge in [-0.15, -0.1) is 0 Å². The molecule has 2 rings (SSSR count). The first-order valence-corrected chi connectivity index (χ1v) is 9.51. The molecule has 0 aliphatic carbocycles. The third kappa shape index (κ3) is 5.98. The van der Waals surface area contributed by atoms with Gasteiger partial charge in [-0.25, -0.2) is 4.79 Å². The van der Waals surface area contributed by atoms with E-state index in [2.05, 4.69) is 0 Å². The van der Waals surface area contributed by atoms with Crippen molar-refractivity contribution in [3.05, 3.63) is 62.1 Å². The van der Waals surface area contributed by atoms with Crippen molar-refractivity contribution in [1.29, 1.82) is 0 Å². The second-order valence-corrected chi connectivity index (χ2v) is 8.24. The monoisotopic (exact) mass is 440 g/mol. The minimum absolute atomic E-state index is 0.120. The summed E-state index contributed by atoms with van der Waals surface area (Å²) in [6.07, 6.45) is -0.558. The first kappa shape index (κ1) is 22.8. The molecule has 0 radical (unpaired) electrons. The molecule has 1 atom stereocenters. The fourth-order valence-electron chi connectivity index (χ4n) is 2.44. The molecule has 2 aromatic carbocycles. The molecule has 0 aromatic heterocycles. The molecular formula is C20H22Cl2N2O5. The van der Waals surface area contributed by atoms with Gasteiger partial charge >= 0.3 is 6.09 Å². The number of non-ortho nitro benzene ring substituents is 1. The topological polar surface area (TPSA) is 81.9 Å². The van der Waals surface area contributed by atoms with E-state index in [9.17, 15) is 14.9 Å². The highest BCUT2D eigenvalue weighted by molar-refractivity contribution is 6.42. The van der Waals surface area contributed by atoms with E-state index in [0.717, 1.165) is 0 Å². The van der Waals surface area contributed by atoms with Crippen LogP contribution in [0.25, 0.3) is 0 Å². The molecule has 1 unspecified atom stereocenters. The summed E-state index contributed by atoms with van der Waals surface area (Å²) in [7, 11) is 1.56. The van der Waals surface area contributed by atoms with E-state index in [1.165, 1.54) is 29.2 Å². The van der Waals surface area contributed by atoms with Gasteiger partial charge in [-0.05, 0) is 45.9 Å². The standard InChI is InChI=1S/C20H22Cl2N2O5/c1-12(23(5)19(25)29-20(2,3)4)15-10-13(24(26)27)6-9-18(15)28-14-7-8-16(21)17(22)11-14/h6-12H,1-5H3. The molecule has 2 aromatic rings. The van der Waals surface area contributed by atoms with Crippen LogP contribution in [0.2, 0.25) is 10.0 Å². The van der Waals surface area contributed by atoms with E-state index in [0.29, 0.717) is 27.1 Å². The number of rotatable bonds is 5. The van der Waals surface area contributed by atoms with Gasteiger partial charge in [0.05, 0.1) is 21.0 Å². The highest BCUT2D eigenvalue weighted by atomic mass is 35.5. The predicted octanol–water partition coefficient (Wildman–Crippen LogP) is 6.62. The van der Waals surface area contributed by atoms with Crippen LogP contribution in [-0.2, 0) is 4.74 Å². The number of benzene rings is 2. The minimum atomic E-state index is -0.673. The number of nitro benzene ring substituents is 1. The van der Waals surface area contributed by atoms with E-state index in [4.69, 9.17) is 32.7 Å². The number of amides is 1. The smallest absolute Gasteiger partial charge is 0.410 e. The molecule has 156 valence electrons.